The van der Waals surface area contributed by atoms with Crippen LogP contribution in [-0.4, -0.2) is 24.1 Å². The fourth-order valence-corrected chi connectivity index (χ4v) is 1.27. The molecule has 4 heteroatoms. The SMILES string of the molecule is CCOC(=O)CC(C)(C)/C=C\C(=O)OC(C)(C)C. The molecule has 0 amide bonds. The highest BCUT2D eigenvalue weighted by Crippen LogP contribution is 2.23. The molecule has 0 aromatic carbocycles. The van der Waals surface area contributed by atoms with Gasteiger partial charge in [-0.3, -0.25) is 4.79 Å². The van der Waals surface area contributed by atoms with E-state index in [-0.39, 0.29) is 12.4 Å². The molecule has 0 spiro atoms. The highest BCUT2D eigenvalue weighted by Gasteiger charge is 2.21. The zero-order chi connectivity index (χ0) is 14.4. The van der Waals surface area contributed by atoms with Gasteiger partial charge in [0.25, 0.3) is 0 Å². The summed E-state index contributed by atoms with van der Waals surface area (Å²) in [6.45, 7) is 11.3. The van der Waals surface area contributed by atoms with E-state index in [0.717, 1.165) is 0 Å². The molecule has 0 saturated heterocycles. The quantitative estimate of drug-likeness (QED) is 0.560. The van der Waals surface area contributed by atoms with Gasteiger partial charge in [-0.25, -0.2) is 4.79 Å². The van der Waals surface area contributed by atoms with E-state index < -0.39 is 17.0 Å². The first-order chi connectivity index (χ1) is 8.06. The van der Waals surface area contributed by atoms with Crippen molar-refractivity contribution in [1.29, 1.82) is 0 Å². The molecule has 0 heterocycles. The van der Waals surface area contributed by atoms with Gasteiger partial charge < -0.3 is 9.47 Å². The zero-order valence-electron chi connectivity index (χ0n) is 12.2. The summed E-state index contributed by atoms with van der Waals surface area (Å²) in [5.41, 5.74) is -0.935. The Bertz CT molecular complexity index is 321. The third-order valence-corrected chi connectivity index (χ3v) is 1.98. The Morgan fingerprint density at radius 1 is 1.11 bits per heavy atom. The molecule has 18 heavy (non-hydrogen) atoms. The predicted molar refractivity (Wildman–Crippen MR) is 70.0 cm³/mol. The monoisotopic (exact) mass is 256 g/mol. The molecule has 0 fully saturated rings. The molecule has 0 aromatic heterocycles. The average Bonchev–Trinajstić information content (AvgIpc) is 2.11. The maximum atomic E-state index is 11.5. The van der Waals surface area contributed by atoms with Crippen LogP contribution < -0.4 is 0 Å². The lowest BCUT2D eigenvalue weighted by Gasteiger charge is -2.20. The topological polar surface area (TPSA) is 52.6 Å². The van der Waals surface area contributed by atoms with Crippen LogP contribution in [0.1, 0.15) is 48.0 Å². The molecule has 0 aliphatic rings. The Kier molecular flexibility index (Phi) is 6.09. The third kappa shape index (κ3) is 8.79. The molecular formula is C14H24O4. The molecule has 0 radical (unpaired) electrons. The molecule has 0 saturated carbocycles. The first-order valence-corrected chi connectivity index (χ1v) is 6.13. The maximum Gasteiger partial charge on any atom is 0.330 e. The van der Waals surface area contributed by atoms with Crippen molar-refractivity contribution in [2.45, 2.75) is 53.6 Å². The van der Waals surface area contributed by atoms with Crippen LogP contribution >= 0.6 is 0 Å². The first kappa shape index (κ1) is 16.7. The molecule has 0 rings (SSSR count). The fourth-order valence-electron chi connectivity index (χ4n) is 1.27. The predicted octanol–water partition coefficient (Wildman–Crippen LogP) is 2.86. The highest BCUT2D eigenvalue weighted by atomic mass is 16.6. The average molecular weight is 256 g/mol. The van der Waals surface area contributed by atoms with Crippen molar-refractivity contribution in [3.8, 4) is 0 Å². The van der Waals surface area contributed by atoms with Crippen molar-refractivity contribution in [3.05, 3.63) is 12.2 Å². The van der Waals surface area contributed by atoms with Crippen LogP contribution in [0, 0.1) is 5.41 Å². The standard InChI is InChI=1S/C14H24O4/c1-7-17-12(16)10-14(5,6)9-8-11(15)18-13(2,3)4/h8-9H,7,10H2,1-6H3/b9-8-. The third-order valence-electron chi connectivity index (χ3n) is 1.98. The Morgan fingerprint density at radius 2 is 1.67 bits per heavy atom. The van der Waals surface area contributed by atoms with Gasteiger partial charge in [-0.05, 0) is 33.1 Å². The highest BCUT2D eigenvalue weighted by molar-refractivity contribution is 5.82. The molecule has 0 aliphatic carbocycles. The second-order valence-electron chi connectivity index (χ2n) is 5.84. The lowest BCUT2D eigenvalue weighted by atomic mass is 9.89. The molecule has 0 unspecified atom stereocenters. The molecule has 0 atom stereocenters. The first-order valence-electron chi connectivity index (χ1n) is 6.13. The van der Waals surface area contributed by atoms with Crippen LogP contribution in [0.5, 0.6) is 0 Å². The van der Waals surface area contributed by atoms with Crippen molar-refractivity contribution in [2.75, 3.05) is 6.61 Å². The van der Waals surface area contributed by atoms with Gasteiger partial charge in [-0.1, -0.05) is 19.9 Å². The lowest BCUT2D eigenvalue weighted by molar-refractivity contribution is -0.149. The van der Waals surface area contributed by atoms with Gasteiger partial charge in [0.2, 0.25) is 0 Å². The number of hydrogen-bond acceptors (Lipinski definition) is 4. The summed E-state index contributed by atoms with van der Waals surface area (Å²) in [6.07, 6.45) is 3.28. The van der Waals surface area contributed by atoms with Crippen LogP contribution in [0.4, 0.5) is 0 Å². The van der Waals surface area contributed by atoms with E-state index in [0.29, 0.717) is 6.61 Å². The summed E-state index contributed by atoms with van der Waals surface area (Å²) < 4.78 is 10.0. The fraction of sp³-hybridized carbons (Fsp3) is 0.714. The summed E-state index contributed by atoms with van der Waals surface area (Å²) >= 11 is 0. The number of hydrogen-bond donors (Lipinski definition) is 0. The summed E-state index contributed by atoms with van der Waals surface area (Å²) in [4.78, 5) is 22.9. The van der Waals surface area contributed by atoms with Gasteiger partial charge in [-0.2, -0.15) is 0 Å². The number of rotatable bonds is 5. The van der Waals surface area contributed by atoms with E-state index in [1.54, 1.807) is 13.0 Å². The largest absolute Gasteiger partial charge is 0.466 e. The second-order valence-corrected chi connectivity index (χ2v) is 5.84. The molecular weight excluding hydrogens is 232 g/mol. The van der Waals surface area contributed by atoms with E-state index in [9.17, 15) is 9.59 Å². The number of esters is 2. The molecule has 4 nitrogen and oxygen atoms in total. The smallest absolute Gasteiger partial charge is 0.330 e. The van der Waals surface area contributed by atoms with E-state index in [1.807, 2.05) is 34.6 Å². The Labute approximate surface area is 109 Å². The summed E-state index contributed by atoms with van der Waals surface area (Å²) in [7, 11) is 0. The Balaban J connectivity index is 4.39. The second kappa shape index (κ2) is 6.57. The van der Waals surface area contributed by atoms with Crippen molar-refractivity contribution < 1.29 is 19.1 Å². The van der Waals surface area contributed by atoms with Crippen LogP contribution in [-0.2, 0) is 19.1 Å². The number of allylic oxidation sites excluding steroid dienone is 1. The lowest BCUT2D eigenvalue weighted by Crippen LogP contribution is -2.23. The molecule has 104 valence electrons. The van der Waals surface area contributed by atoms with Crippen molar-refractivity contribution in [2.24, 2.45) is 5.41 Å². The van der Waals surface area contributed by atoms with Crippen molar-refractivity contribution in [3.63, 3.8) is 0 Å². The minimum atomic E-state index is -0.507. The van der Waals surface area contributed by atoms with E-state index >= 15 is 0 Å². The number of ether oxygens (including phenoxy) is 2. The summed E-state index contributed by atoms with van der Waals surface area (Å²) in [6, 6.07) is 0. The van der Waals surface area contributed by atoms with Gasteiger partial charge in [0.05, 0.1) is 13.0 Å². The number of carbonyl (C=O) groups excluding carboxylic acids is 2. The van der Waals surface area contributed by atoms with Crippen LogP contribution in [0.15, 0.2) is 12.2 Å². The van der Waals surface area contributed by atoms with Gasteiger partial charge in [0.1, 0.15) is 5.60 Å². The molecule has 0 aromatic rings. The Morgan fingerprint density at radius 3 is 2.11 bits per heavy atom. The van der Waals surface area contributed by atoms with Crippen molar-refractivity contribution >= 4 is 11.9 Å². The summed E-state index contributed by atoms with van der Waals surface area (Å²) in [5, 5.41) is 0. The van der Waals surface area contributed by atoms with E-state index in [4.69, 9.17) is 9.47 Å². The summed E-state index contributed by atoms with van der Waals surface area (Å²) in [5.74, 6) is -0.671. The number of carbonyl (C=O) groups is 2. The van der Waals surface area contributed by atoms with Crippen LogP contribution in [0.3, 0.4) is 0 Å². The van der Waals surface area contributed by atoms with Crippen LogP contribution in [0.25, 0.3) is 0 Å². The van der Waals surface area contributed by atoms with E-state index in [2.05, 4.69) is 0 Å². The minimum absolute atomic E-state index is 0.236. The Hall–Kier alpha value is -1.32. The zero-order valence-corrected chi connectivity index (χ0v) is 12.2. The van der Waals surface area contributed by atoms with Gasteiger partial charge in [0, 0.05) is 6.08 Å². The minimum Gasteiger partial charge on any atom is -0.466 e. The van der Waals surface area contributed by atoms with Gasteiger partial charge in [0.15, 0.2) is 0 Å². The molecule has 0 aliphatic heterocycles. The van der Waals surface area contributed by atoms with Crippen LogP contribution in [0.2, 0.25) is 0 Å². The van der Waals surface area contributed by atoms with Crippen molar-refractivity contribution in [1.82, 2.24) is 0 Å². The molecule has 0 bridgehead atoms. The maximum absolute atomic E-state index is 11.5. The van der Waals surface area contributed by atoms with Gasteiger partial charge in [-0.15, -0.1) is 0 Å². The van der Waals surface area contributed by atoms with E-state index in [1.165, 1.54) is 6.08 Å². The van der Waals surface area contributed by atoms with Gasteiger partial charge >= 0.3 is 11.9 Å². The molecule has 0 N–H and O–H groups in total. The normalized spacial score (nSPS) is 12.6.